The summed E-state index contributed by atoms with van der Waals surface area (Å²) in [6, 6.07) is 0. The van der Waals surface area contributed by atoms with Gasteiger partial charge in [0.25, 0.3) is 0 Å². The van der Waals surface area contributed by atoms with Crippen LogP contribution in [0.4, 0.5) is 0 Å². The highest BCUT2D eigenvalue weighted by Crippen LogP contribution is 2.16. The molecule has 0 aromatic rings. The lowest BCUT2D eigenvalue weighted by Gasteiger charge is -2.18. The fourth-order valence-corrected chi connectivity index (χ4v) is 8.10. The van der Waals surface area contributed by atoms with Crippen molar-refractivity contribution in [3.8, 4) is 0 Å². The van der Waals surface area contributed by atoms with Crippen LogP contribution in [0.2, 0.25) is 0 Å². The highest BCUT2D eigenvalue weighted by atomic mass is 16.6. The molecule has 0 aromatic carbocycles. The molecular formula is C59H106O6. The Morgan fingerprint density at radius 3 is 0.969 bits per heavy atom. The number of unbranched alkanes of at least 4 members (excludes halogenated alkanes) is 32. The molecule has 0 fully saturated rings. The number of esters is 3. The molecule has 1 unspecified atom stereocenters. The summed E-state index contributed by atoms with van der Waals surface area (Å²) in [5.74, 6) is -0.903. The van der Waals surface area contributed by atoms with Crippen LogP contribution in [0.3, 0.4) is 0 Å². The monoisotopic (exact) mass is 911 g/mol. The van der Waals surface area contributed by atoms with Crippen molar-refractivity contribution in [1.29, 1.82) is 0 Å². The number of hydrogen-bond donors (Lipinski definition) is 0. The van der Waals surface area contributed by atoms with Gasteiger partial charge in [0, 0.05) is 19.3 Å². The van der Waals surface area contributed by atoms with E-state index in [2.05, 4.69) is 69.4 Å². The molecule has 0 amide bonds. The molecule has 0 saturated heterocycles. The smallest absolute Gasteiger partial charge is 0.306 e. The number of ether oxygens (including phenoxy) is 3. The molecule has 0 radical (unpaired) electrons. The summed E-state index contributed by atoms with van der Waals surface area (Å²) >= 11 is 0. The van der Waals surface area contributed by atoms with E-state index in [1.807, 2.05) is 0 Å². The molecule has 0 bridgehead atoms. The molecular weight excluding hydrogens is 805 g/mol. The van der Waals surface area contributed by atoms with Crippen LogP contribution in [-0.2, 0) is 28.6 Å². The Morgan fingerprint density at radius 1 is 0.323 bits per heavy atom. The summed E-state index contributed by atoms with van der Waals surface area (Å²) in [7, 11) is 0. The third-order valence-electron chi connectivity index (χ3n) is 12.3. The van der Waals surface area contributed by atoms with E-state index in [0.29, 0.717) is 19.3 Å². The second kappa shape index (κ2) is 54.0. The molecule has 6 heteroatoms. The molecule has 1 atom stereocenters. The van der Waals surface area contributed by atoms with Crippen molar-refractivity contribution in [1.82, 2.24) is 0 Å². The molecule has 0 aliphatic rings. The van der Waals surface area contributed by atoms with Gasteiger partial charge >= 0.3 is 17.9 Å². The second-order valence-electron chi connectivity index (χ2n) is 18.8. The first-order valence-corrected chi connectivity index (χ1v) is 28.1. The van der Waals surface area contributed by atoms with Crippen molar-refractivity contribution in [3.63, 3.8) is 0 Å². The first-order chi connectivity index (χ1) is 32.0. The highest BCUT2D eigenvalue weighted by molar-refractivity contribution is 5.71. The van der Waals surface area contributed by atoms with E-state index in [0.717, 1.165) is 83.5 Å². The normalized spacial score (nSPS) is 12.4. The average Bonchev–Trinajstić information content (AvgIpc) is 3.30. The third kappa shape index (κ3) is 52.2. The lowest BCUT2D eigenvalue weighted by molar-refractivity contribution is -0.167. The summed E-state index contributed by atoms with van der Waals surface area (Å²) in [4.78, 5) is 38.1. The Balaban J connectivity index is 4.37. The fourth-order valence-electron chi connectivity index (χ4n) is 8.10. The summed E-state index contributed by atoms with van der Waals surface area (Å²) in [5.41, 5.74) is 0. The zero-order valence-corrected chi connectivity index (χ0v) is 43.3. The lowest BCUT2D eigenvalue weighted by Crippen LogP contribution is -2.30. The van der Waals surface area contributed by atoms with Crippen LogP contribution in [0.25, 0.3) is 0 Å². The van der Waals surface area contributed by atoms with Gasteiger partial charge in [-0.1, -0.05) is 243 Å². The van der Waals surface area contributed by atoms with Gasteiger partial charge in [0.15, 0.2) is 6.10 Å². The average molecular weight is 911 g/mol. The molecule has 378 valence electrons. The largest absolute Gasteiger partial charge is 0.462 e. The molecule has 6 nitrogen and oxygen atoms in total. The van der Waals surface area contributed by atoms with E-state index >= 15 is 0 Å². The molecule has 0 heterocycles. The van der Waals surface area contributed by atoms with Gasteiger partial charge in [-0.2, -0.15) is 0 Å². The van der Waals surface area contributed by atoms with E-state index in [1.165, 1.54) is 167 Å². The Labute approximate surface area is 403 Å². The molecule has 0 saturated carbocycles. The Hall–Kier alpha value is -2.63. The standard InChI is InChI=1S/C59H106O6/c1-4-7-10-13-16-19-22-25-27-29-31-34-37-40-43-46-49-52-58(61)64-55-56(54-63-57(60)51-48-45-42-39-36-33-24-21-18-15-12-9-6-3)65-59(62)53-50-47-44-41-38-35-32-30-28-26-23-20-17-14-11-8-5-2/h9,12,18,21,25,27,33,36,56H,4-8,10-11,13-17,19-20,22-24,26,28-32,34-35,37-55H2,1-3H3/b12-9-,21-18-,27-25-,36-33-. The maximum atomic E-state index is 12.8. The van der Waals surface area contributed by atoms with Crippen LogP contribution in [-0.4, -0.2) is 37.2 Å². The minimum Gasteiger partial charge on any atom is -0.462 e. The van der Waals surface area contributed by atoms with Gasteiger partial charge in [0.2, 0.25) is 0 Å². The summed E-state index contributed by atoms with van der Waals surface area (Å²) in [6.45, 7) is 6.52. The number of carbonyl (C=O) groups is 3. The first-order valence-electron chi connectivity index (χ1n) is 28.1. The summed E-state index contributed by atoms with van der Waals surface area (Å²) < 4.78 is 16.8. The van der Waals surface area contributed by atoms with Crippen LogP contribution >= 0.6 is 0 Å². The van der Waals surface area contributed by atoms with Gasteiger partial charge in [0.1, 0.15) is 13.2 Å². The molecule has 0 aliphatic heterocycles. The van der Waals surface area contributed by atoms with Gasteiger partial charge in [0.05, 0.1) is 0 Å². The minimum atomic E-state index is -0.784. The molecule has 0 N–H and O–H groups in total. The second-order valence-corrected chi connectivity index (χ2v) is 18.8. The molecule has 0 aromatic heterocycles. The third-order valence-corrected chi connectivity index (χ3v) is 12.3. The van der Waals surface area contributed by atoms with Crippen molar-refractivity contribution < 1.29 is 28.6 Å². The van der Waals surface area contributed by atoms with Gasteiger partial charge in [-0.25, -0.2) is 0 Å². The predicted octanol–water partition coefficient (Wildman–Crippen LogP) is 18.7. The van der Waals surface area contributed by atoms with Crippen LogP contribution < -0.4 is 0 Å². The Bertz CT molecular complexity index is 1140. The van der Waals surface area contributed by atoms with Crippen molar-refractivity contribution in [2.24, 2.45) is 0 Å². The maximum Gasteiger partial charge on any atom is 0.306 e. The van der Waals surface area contributed by atoms with Crippen molar-refractivity contribution >= 4 is 17.9 Å². The van der Waals surface area contributed by atoms with Crippen LogP contribution in [0.5, 0.6) is 0 Å². The van der Waals surface area contributed by atoms with E-state index in [4.69, 9.17) is 14.2 Å². The first kappa shape index (κ1) is 62.4. The SMILES string of the molecule is CC/C=C\C/C=C\C/C=C\CCCCCC(=O)OCC(COC(=O)CCCCCCCCC/C=C\CCCCCCCC)OC(=O)CCCCCCCCCCCCCCCCCCC. The quantitative estimate of drug-likeness (QED) is 0.0262. The highest BCUT2D eigenvalue weighted by Gasteiger charge is 2.19. The van der Waals surface area contributed by atoms with Crippen molar-refractivity contribution in [2.75, 3.05) is 13.2 Å². The van der Waals surface area contributed by atoms with Crippen LogP contribution in [0, 0.1) is 0 Å². The lowest BCUT2D eigenvalue weighted by atomic mass is 10.0. The molecule has 0 aliphatic carbocycles. The molecule has 0 rings (SSSR count). The number of hydrogen-bond acceptors (Lipinski definition) is 6. The van der Waals surface area contributed by atoms with E-state index < -0.39 is 6.10 Å². The minimum absolute atomic E-state index is 0.0821. The number of allylic oxidation sites excluding steroid dienone is 8. The van der Waals surface area contributed by atoms with Crippen molar-refractivity contribution in [2.45, 2.75) is 297 Å². The van der Waals surface area contributed by atoms with Crippen LogP contribution in [0.15, 0.2) is 48.6 Å². The predicted molar refractivity (Wildman–Crippen MR) is 279 cm³/mol. The maximum absolute atomic E-state index is 12.8. The van der Waals surface area contributed by atoms with E-state index in [1.54, 1.807) is 0 Å². The van der Waals surface area contributed by atoms with E-state index in [-0.39, 0.29) is 31.1 Å². The Kier molecular flexibility index (Phi) is 51.8. The zero-order valence-electron chi connectivity index (χ0n) is 43.3. The van der Waals surface area contributed by atoms with E-state index in [9.17, 15) is 14.4 Å². The summed E-state index contributed by atoms with van der Waals surface area (Å²) in [6.07, 6.45) is 65.3. The van der Waals surface area contributed by atoms with Gasteiger partial charge < -0.3 is 14.2 Å². The Morgan fingerprint density at radius 2 is 0.600 bits per heavy atom. The van der Waals surface area contributed by atoms with Crippen molar-refractivity contribution in [3.05, 3.63) is 48.6 Å². The van der Waals surface area contributed by atoms with Gasteiger partial charge in [-0.05, 0) is 77.0 Å². The summed E-state index contributed by atoms with van der Waals surface area (Å²) in [5, 5.41) is 0. The number of rotatable bonds is 51. The molecule has 0 spiro atoms. The van der Waals surface area contributed by atoms with Crippen LogP contribution in [0.1, 0.15) is 290 Å². The fraction of sp³-hybridized carbons (Fsp3) is 0.814. The zero-order chi connectivity index (χ0) is 47.2. The van der Waals surface area contributed by atoms with Gasteiger partial charge in [-0.15, -0.1) is 0 Å². The number of carbonyl (C=O) groups excluding carboxylic acids is 3. The molecule has 65 heavy (non-hydrogen) atoms. The topological polar surface area (TPSA) is 78.9 Å². The van der Waals surface area contributed by atoms with Gasteiger partial charge in [-0.3, -0.25) is 14.4 Å².